The predicted octanol–water partition coefficient (Wildman–Crippen LogP) is 3.59. The molecule has 2 aliphatic rings. The number of fused-ring (bicyclic) bond motifs is 2. The number of aryl methyl sites for hydroxylation is 2. The van der Waals surface area contributed by atoms with Gasteiger partial charge in [0.2, 0.25) is 0 Å². The van der Waals surface area contributed by atoms with E-state index in [1.54, 1.807) is 6.07 Å². The normalized spacial score (nSPS) is 28.0. The fourth-order valence-corrected chi connectivity index (χ4v) is 4.20. The van der Waals surface area contributed by atoms with Crippen LogP contribution < -0.4 is 5.56 Å². The lowest BCUT2D eigenvalue weighted by molar-refractivity contribution is 0.211. The van der Waals surface area contributed by atoms with Gasteiger partial charge in [-0.15, -0.1) is 0 Å². The van der Waals surface area contributed by atoms with E-state index in [-0.39, 0.29) is 24.4 Å². The first kappa shape index (κ1) is 11.7. The highest BCUT2D eigenvalue weighted by Crippen LogP contribution is 2.32. The van der Waals surface area contributed by atoms with Gasteiger partial charge in [-0.05, 0) is 64.1 Å². The Hall–Kier alpha value is -2.54. The van der Waals surface area contributed by atoms with Crippen molar-refractivity contribution < 1.29 is 21.3 Å². The van der Waals surface area contributed by atoms with Crippen molar-refractivity contribution in [2.45, 2.75) is 57.7 Å². The fraction of sp³-hybridized carbons (Fsp3) is 0.522. The number of benzene rings is 1. The summed E-state index contributed by atoms with van der Waals surface area (Å²) >= 11 is 0. The van der Waals surface area contributed by atoms with Crippen molar-refractivity contribution in [3.8, 4) is 0 Å². The summed E-state index contributed by atoms with van der Waals surface area (Å²) in [6.07, 6.45) is -5.17. The summed E-state index contributed by atoms with van der Waals surface area (Å²) < 4.78 is 91.9. The number of nitrogens with zero attached hydrogens (tertiary/aromatic N) is 4. The number of aromatic nitrogens is 3. The van der Waals surface area contributed by atoms with Crippen molar-refractivity contribution in [3.63, 3.8) is 0 Å². The van der Waals surface area contributed by atoms with Crippen LogP contribution in [0.15, 0.2) is 27.5 Å². The highest BCUT2D eigenvalue weighted by molar-refractivity contribution is 5.79. The number of likely N-dealkylation sites (tertiary alicyclic amines) is 1. The number of piperidine rings is 1. The molecule has 7 heteroatoms. The molecular weight excluding hydrogens is 383 g/mol. The van der Waals surface area contributed by atoms with Crippen LogP contribution in [-0.4, -0.2) is 39.2 Å². The second-order valence-corrected chi connectivity index (χ2v) is 7.66. The van der Waals surface area contributed by atoms with Crippen LogP contribution in [-0.2, 0) is 19.3 Å². The van der Waals surface area contributed by atoms with E-state index in [1.807, 2.05) is 4.90 Å². The minimum absolute atomic E-state index is 0.0529. The first-order valence-corrected chi connectivity index (χ1v) is 9.97. The van der Waals surface area contributed by atoms with E-state index in [2.05, 4.69) is 10.1 Å². The molecule has 0 aliphatic carbocycles. The van der Waals surface area contributed by atoms with E-state index in [4.69, 9.17) is 16.9 Å². The average molecular weight is 420 g/mol. The van der Waals surface area contributed by atoms with Crippen molar-refractivity contribution >= 4 is 11.0 Å². The molecule has 2 aromatic heterocycles. The van der Waals surface area contributed by atoms with Gasteiger partial charge in [-0.3, -0.25) is 9.36 Å². The molecule has 0 amide bonds. The molecule has 1 saturated heterocycles. The Morgan fingerprint density at radius 2 is 2.20 bits per heavy atom. The molecular formula is C23H27FN4O2. The summed E-state index contributed by atoms with van der Waals surface area (Å²) in [5, 5.41) is 4.89. The Kier molecular flexibility index (Phi) is 3.11. The van der Waals surface area contributed by atoms with Gasteiger partial charge < -0.3 is 9.42 Å². The van der Waals surface area contributed by atoms with E-state index < -0.39 is 55.4 Å². The summed E-state index contributed by atoms with van der Waals surface area (Å²) in [5.41, 5.74) is -0.617. The van der Waals surface area contributed by atoms with Crippen LogP contribution in [0.4, 0.5) is 4.39 Å². The van der Waals surface area contributed by atoms with Gasteiger partial charge >= 0.3 is 0 Å². The Morgan fingerprint density at radius 1 is 1.33 bits per heavy atom. The Balaban J connectivity index is 1.38. The molecule has 6 nitrogen and oxygen atoms in total. The third-order valence-electron chi connectivity index (χ3n) is 5.86. The lowest BCUT2D eigenvalue weighted by Gasteiger charge is -2.31. The van der Waals surface area contributed by atoms with E-state index in [0.717, 1.165) is 11.1 Å². The standard InChI is InChI=1S/C23H27FN4O2/c1-15-18(23(29)28-10-3-2-4-21(28)25-15)9-13-27-11-7-16(8-12-27)22-19-6-5-17(24)14-20(19)30-26-22/h5-6,14,16H,2-4,7-13H2,1H3/i1D3,2D2,3D2,10D2. The maximum Gasteiger partial charge on any atom is 0.256 e. The molecule has 30 heavy (non-hydrogen) atoms. The molecule has 0 radical (unpaired) electrons. The molecule has 1 aromatic carbocycles. The van der Waals surface area contributed by atoms with Gasteiger partial charge in [0.25, 0.3) is 5.56 Å². The zero-order chi connectivity index (χ0) is 28.5. The Morgan fingerprint density at radius 3 is 3.03 bits per heavy atom. The zero-order valence-electron chi connectivity index (χ0n) is 25.2. The van der Waals surface area contributed by atoms with Gasteiger partial charge in [-0.2, -0.15) is 0 Å². The molecule has 0 bridgehead atoms. The van der Waals surface area contributed by atoms with Crippen molar-refractivity contribution in [2.24, 2.45) is 0 Å². The Labute approximate surface area is 187 Å². The first-order chi connectivity index (χ1) is 18.0. The monoisotopic (exact) mass is 419 g/mol. The van der Waals surface area contributed by atoms with Gasteiger partial charge in [0.05, 0.1) is 5.69 Å². The summed E-state index contributed by atoms with van der Waals surface area (Å²) in [4.78, 5) is 19.6. The average Bonchev–Trinajstić information content (AvgIpc) is 3.24. The second kappa shape index (κ2) is 7.95. The van der Waals surface area contributed by atoms with Crippen LogP contribution in [0.2, 0.25) is 0 Å². The molecule has 0 atom stereocenters. The van der Waals surface area contributed by atoms with E-state index in [1.165, 1.54) is 12.1 Å². The van der Waals surface area contributed by atoms with E-state index in [9.17, 15) is 9.18 Å². The van der Waals surface area contributed by atoms with Crippen LogP contribution in [0.25, 0.3) is 11.0 Å². The van der Waals surface area contributed by atoms with Gasteiger partial charge in [-0.25, -0.2) is 9.37 Å². The summed E-state index contributed by atoms with van der Waals surface area (Å²) in [5.74, 6) is -0.765. The van der Waals surface area contributed by atoms with Crippen molar-refractivity contribution in [1.82, 2.24) is 19.6 Å². The molecule has 0 spiro atoms. The van der Waals surface area contributed by atoms with E-state index in [0.29, 0.717) is 36.1 Å². The molecule has 0 N–H and O–H groups in total. The molecule has 2 aliphatic heterocycles. The molecule has 3 aromatic rings. The molecule has 1 fully saturated rings. The minimum Gasteiger partial charge on any atom is -0.356 e. The SMILES string of the molecule is [2H]C([2H])([2H])c1nc2n(c(=O)c1CCN1CCC(c3noc4cc(F)ccc34)CC1)C([2H])([2H])C([2H])([2H])C([2H])([2H])C2. The van der Waals surface area contributed by atoms with Gasteiger partial charge in [-0.1, -0.05) is 5.16 Å². The highest BCUT2D eigenvalue weighted by Gasteiger charge is 2.25. The first-order valence-electron chi connectivity index (χ1n) is 14.5. The highest BCUT2D eigenvalue weighted by atomic mass is 19.1. The number of rotatable bonds is 4. The maximum absolute atomic E-state index is 13.5. The third-order valence-corrected chi connectivity index (χ3v) is 5.86. The fourth-order valence-electron chi connectivity index (χ4n) is 4.20. The zero-order valence-corrected chi connectivity index (χ0v) is 16.2. The quantitative estimate of drug-likeness (QED) is 0.647. The van der Waals surface area contributed by atoms with Crippen molar-refractivity contribution in [2.75, 3.05) is 19.6 Å². The van der Waals surface area contributed by atoms with Crippen LogP contribution in [0, 0.1) is 12.7 Å². The molecule has 158 valence electrons. The largest absolute Gasteiger partial charge is 0.356 e. The van der Waals surface area contributed by atoms with Gasteiger partial charge in [0.1, 0.15) is 11.6 Å². The van der Waals surface area contributed by atoms with Crippen LogP contribution in [0.1, 0.15) is 66.6 Å². The number of halogens is 1. The summed E-state index contributed by atoms with van der Waals surface area (Å²) in [6, 6.07) is 4.28. The van der Waals surface area contributed by atoms with E-state index >= 15 is 0 Å². The molecule has 0 saturated carbocycles. The summed E-state index contributed by atoms with van der Waals surface area (Å²) in [7, 11) is 0. The van der Waals surface area contributed by atoms with Crippen molar-refractivity contribution in [1.29, 1.82) is 0 Å². The lowest BCUT2D eigenvalue weighted by atomic mass is 9.91. The molecule has 0 unspecified atom stereocenters. The second-order valence-electron chi connectivity index (χ2n) is 7.66. The van der Waals surface area contributed by atoms with Crippen LogP contribution in [0.3, 0.4) is 0 Å². The lowest BCUT2D eigenvalue weighted by Crippen LogP contribution is -2.37. The third kappa shape index (κ3) is 3.55. The maximum atomic E-state index is 13.5. The van der Waals surface area contributed by atoms with Gasteiger partial charge in [0.15, 0.2) is 5.58 Å². The van der Waals surface area contributed by atoms with Crippen LogP contribution in [0.5, 0.6) is 0 Å². The topological polar surface area (TPSA) is 64.2 Å². The minimum atomic E-state index is -3.09. The predicted molar refractivity (Wildman–Crippen MR) is 112 cm³/mol. The van der Waals surface area contributed by atoms with Gasteiger partial charge in [0, 0.05) is 60.4 Å². The van der Waals surface area contributed by atoms with Crippen LogP contribution >= 0.6 is 0 Å². The van der Waals surface area contributed by atoms with Crippen molar-refractivity contribution in [3.05, 3.63) is 57.1 Å². The Bertz CT molecular complexity index is 1480. The number of hydrogen-bond donors (Lipinski definition) is 0. The smallest absolute Gasteiger partial charge is 0.256 e. The number of hydrogen-bond acceptors (Lipinski definition) is 5. The molecule has 5 rings (SSSR count). The summed E-state index contributed by atoms with van der Waals surface area (Å²) in [6.45, 7) is -4.40. The molecule has 4 heterocycles.